The number of aromatic nitrogens is 4. The Morgan fingerprint density at radius 3 is 2.66 bits per heavy atom. The van der Waals surface area contributed by atoms with E-state index in [1.807, 2.05) is 27.7 Å². The van der Waals surface area contributed by atoms with Gasteiger partial charge in [0.15, 0.2) is 16.4 Å². The summed E-state index contributed by atoms with van der Waals surface area (Å²) in [6, 6.07) is 1.41. The molecule has 0 saturated carbocycles. The summed E-state index contributed by atoms with van der Waals surface area (Å²) in [6.07, 6.45) is 0.396. The molecule has 1 atom stereocenters. The minimum atomic E-state index is -3.14. The monoisotopic (exact) mass is 423 g/mol. The van der Waals surface area contributed by atoms with Gasteiger partial charge in [-0.05, 0) is 32.3 Å². The number of ether oxygens (including phenoxy) is 1. The second-order valence-corrected chi connectivity index (χ2v) is 9.99. The molecule has 0 radical (unpaired) electrons. The molecule has 1 amide bonds. The minimum absolute atomic E-state index is 0.0578. The topological polar surface area (TPSA) is 124 Å². The van der Waals surface area contributed by atoms with Crippen LogP contribution in [0.5, 0.6) is 0 Å². The van der Waals surface area contributed by atoms with Crippen LogP contribution in [-0.4, -0.2) is 75.5 Å². The second-order valence-electron chi connectivity index (χ2n) is 7.76. The fourth-order valence-electron chi connectivity index (χ4n) is 3.40. The van der Waals surface area contributed by atoms with E-state index in [0.29, 0.717) is 13.0 Å². The number of sulfone groups is 1. The van der Waals surface area contributed by atoms with Gasteiger partial charge in [-0.2, -0.15) is 4.98 Å². The van der Waals surface area contributed by atoms with Crippen molar-refractivity contribution in [1.82, 2.24) is 24.5 Å². The van der Waals surface area contributed by atoms with E-state index in [1.54, 1.807) is 6.07 Å². The molecule has 1 fully saturated rings. The number of hydrogen-bond acceptors (Lipinski definition) is 8. The van der Waals surface area contributed by atoms with Crippen molar-refractivity contribution in [2.45, 2.75) is 40.2 Å². The van der Waals surface area contributed by atoms with E-state index in [0.717, 1.165) is 11.4 Å². The minimum Gasteiger partial charge on any atom is -0.450 e. The Labute approximate surface area is 169 Å². The van der Waals surface area contributed by atoms with Crippen LogP contribution in [0.4, 0.5) is 0 Å². The highest BCUT2D eigenvalue weighted by Crippen LogP contribution is 2.19. The first-order valence-corrected chi connectivity index (χ1v) is 11.3. The molecule has 0 spiro atoms. The Morgan fingerprint density at radius 2 is 2.03 bits per heavy atom. The molecule has 1 aliphatic heterocycles. The van der Waals surface area contributed by atoms with Crippen LogP contribution in [0.25, 0.3) is 5.78 Å². The summed E-state index contributed by atoms with van der Waals surface area (Å²) < 4.78 is 30.1. The highest BCUT2D eigenvalue weighted by Gasteiger charge is 2.35. The maximum atomic E-state index is 12.7. The highest BCUT2D eigenvalue weighted by molar-refractivity contribution is 7.91. The number of carbonyl (C=O) groups excluding carboxylic acids is 2. The molecule has 10 nitrogen and oxygen atoms in total. The van der Waals surface area contributed by atoms with Crippen molar-refractivity contribution < 1.29 is 22.7 Å². The molecule has 2 aromatic rings. The van der Waals surface area contributed by atoms with Gasteiger partial charge in [-0.25, -0.2) is 22.7 Å². The van der Waals surface area contributed by atoms with Crippen LogP contribution in [0.2, 0.25) is 0 Å². The third kappa shape index (κ3) is 4.89. The Kier molecular flexibility index (Phi) is 5.87. The van der Waals surface area contributed by atoms with Crippen molar-refractivity contribution in [3.63, 3.8) is 0 Å². The molecule has 158 valence electrons. The number of fused-ring (bicyclic) bond motifs is 1. The van der Waals surface area contributed by atoms with Crippen LogP contribution >= 0.6 is 0 Å². The quantitative estimate of drug-likeness (QED) is 0.618. The summed E-state index contributed by atoms with van der Waals surface area (Å²) >= 11 is 0. The van der Waals surface area contributed by atoms with Crippen LogP contribution in [0.15, 0.2) is 6.07 Å². The number of amides is 1. The Bertz CT molecular complexity index is 1050. The van der Waals surface area contributed by atoms with Gasteiger partial charge in [0.1, 0.15) is 0 Å². The largest absolute Gasteiger partial charge is 0.450 e. The van der Waals surface area contributed by atoms with Crippen molar-refractivity contribution in [2.24, 2.45) is 5.92 Å². The van der Waals surface area contributed by atoms with Crippen molar-refractivity contribution in [1.29, 1.82) is 0 Å². The zero-order valence-corrected chi connectivity index (χ0v) is 17.8. The predicted molar refractivity (Wildman–Crippen MR) is 104 cm³/mol. The van der Waals surface area contributed by atoms with Gasteiger partial charge in [0.25, 0.3) is 17.5 Å². The van der Waals surface area contributed by atoms with Crippen molar-refractivity contribution >= 4 is 27.5 Å². The number of aryl methyl sites for hydroxylation is 2. The molecule has 0 aromatic carbocycles. The highest BCUT2D eigenvalue weighted by atomic mass is 32.2. The van der Waals surface area contributed by atoms with E-state index >= 15 is 0 Å². The Hall–Kier alpha value is -2.56. The van der Waals surface area contributed by atoms with E-state index < -0.39 is 34.4 Å². The average Bonchev–Trinajstić information content (AvgIpc) is 3.20. The van der Waals surface area contributed by atoms with Crippen molar-refractivity contribution in [3.8, 4) is 0 Å². The number of hydrogen-bond donors (Lipinski definition) is 0. The van der Waals surface area contributed by atoms with E-state index in [1.165, 1.54) is 9.42 Å². The number of carbonyl (C=O) groups is 2. The molecule has 1 saturated heterocycles. The zero-order chi connectivity index (χ0) is 21.3. The van der Waals surface area contributed by atoms with Gasteiger partial charge in [0.2, 0.25) is 0 Å². The second kappa shape index (κ2) is 8.05. The number of nitrogens with zero attached hydrogens (tertiary/aromatic N) is 5. The number of rotatable bonds is 6. The Morgan fingerprint density at radius 1 is 1.31 bits per heavy atom. The normalized spacial score (nSPS) is 18.3. The lowest BCUT2D eigenvalue weighted by molar-refractivity contribution is -0.137. The Balaban J connectivity index is 1.69. The van der Waals surface area contributed by atoms with Gasteiger partial charge in [0, 0.05) is 24.0 Å². The molecular weight excluding hydrogens is 398 g/mol. The molecule has 3 heterocycles. The third-order valence-electron chi connectivity index (χ3n) is 4.66. The maximum Gasteiger partial charge on any atom is 0.378 e. The summed E-state index contributed by atoms with van der Waals surface area (Å²) in [5, 5.41) is 4.09. The van der Waals surface area contributed by atoms with Crippen LogP contribution in [-0.2, 0) is 19.4 Å². The van der Waals surface area contributed by atoms with Gasteiger partial charge in [-0.1, -0.05) is 13.8 Å². The summed E-state index contributed by atoms with van der Waals surface area (Å²) in [4.78, 5) is 34.8. The number of esters is 1. The first-order chi connectivity index (χ1) is 13.6. The summed E-state index contributed by atoms with van der Waals surface area (Å²) in [6.45, 7) is 7.40. The lowest BCUT2D eigenvalue weighted by Gasteiger charge is -2.29. The predicted octanol–water partition coefficient (Wildman–Crippen LogP) is 0.570. The van der Waals surface area contributed by atoms with Crippen LogP contribution in [0.3, 0.4) is 0 Å². The van der Waals surface area contributed by atoms with Crippen LogP contribution < -0.4 is 0 Å². The van der Waals surface area contributed by atoms with Crippen LogP contribution in [0, 0.1) is 19.8 Å². The summed E-state index contributed by atoms with van der Waals surface area (Å²) in [5.41, 5.74) is 1.51. The molecule has 0 bridgehead atoms. The lowest BCUT2D eigenvalue weighted by Crippen LogP contribution is -2.45. The fraction of sp³-hybridized carbons (Fsp3) is 0.611. The first-order valence-electron chi connectivity index (χ1n) is 9.44. The maximum absolute atomic E-state index is 12.7. The molecular formula is C18H25N5O5S. The van der Waals surface area contributed by atoms with E-state index in [9.17, 15) is 18.0 Å². The van der Waals surface area contributed by atoms with Gasteiger partial charge >= 0.3 is 5.97 Å². The summed E-state index contributed by atoms with van der Waals surface area (Å²) in [7, 11) is -3.14. The molecule has 2 aromatic heterocycles. The molecule has 29 heavy (non-hydrogen) atoms. The fourth-order valence-corrected chi connectivity index (χ4v) is 5.13. The van der Waals surface area contributed by atoms with Crippen molar-refractivity contribution in [2.75, 3.05) is 24.7 Å². The first kappa shape index (κ1) is 21.2. The standard InChI is InChI=1S/C18H25N5O5S/c1-11(2)8-22(14-5-6-29(26,27)10-14)15(24)9-28-17(25)16-20-18-19-12(3)7-13(4)23(18)21-16/h7,11,14H,5-6,8-10H2,1-4H3/t14-/m1/s1. The lowest BCUT2D eigenvalue weighted by atomic mass is 10.1. The molecule has 0 N–H and O–H groups in total. The molecule has 3 rings (SSSR count). The average molecular weight is 423 g/mol. The molecule has 0 aliphatic carbocycles. The smallest absolute Gasteiger partial charge is 0.378 e. The van der Waals surface area contributed by atoms with E-state index in [2.05, 4.69) is 15.1 Å². The van der Waals surface area contributed by atoms with Gasteiger partial charge in [0.05, 0.1) is 11.5 Å². The van der Waals surface area contributed by atoms with E-state index in [4.69, 9.17) is 4.74 Å². The molecule has 1 aliphatic rings. The van der Waals surface area contributed by atoms with Gasteiger partial charge in [-0.15, -0.1) is 5.10 Å². The van der Waals surface area contributed by atoms with Gasteiger partial charge in [-0.3, -0.25) is 4.79 Å². The third-order valence-corrected chi connectivity index (χ3v) is 6.41. The zero-order valence-electron chi connectivity index (χ0n) is 17.0. The van der Waals surface area contributed by atoms with Crippen LogP contribution in [0.1, 0.15) is 42.3 Å². The molecule has 0 unspecified atom stereocenters. The molecule has 11 heteroatoms. The van der Waals surface area contributed by atoms with Crippen molar-refractivity contribution in [3.05, 3.63) is 23.3 Å². The SMILES string of the molecule is Cc1cc(C)n2nc(C(=O)OCC(=O)N(CC(C)C)[C@@H]3CCS(=O)(=O)C3)nc2n1. The van der Waals surface area contributed by atoms with E-state index in [-0.39, 0.29) is 29.0 Å². The van der Waals surface area contributed by atoms with Gasteiger partial charge < -0.3 is 9.64 Å². The summed E-state index contributed by atoms with van der Waals surface area (Å²) in [5.74, 6) is -1.01.